The molecule has 0 aliphatic heterocycles. The van der Waals surface area contributed by atoms with E-state index in [-0.39, 0.29) is 34.6 Å². The van der Waals surface area contributed by atoms with Crippen molar-refractivity contribution < 1.29 is 22.8 Å². The van der Waals surface area contributed by atoms with E-state index in [1.807, 2.05) is 90.9 Å². The number of nitrogens with zero attached hydrogens (tertiary/aromatic N) is 1. The Labute approximate surface area is 287 Å². The molecule has 3 atom stereocenters. The van der Waals surface area contributed by atoms with E-state index in [9.17, 15) is 22.8 Å². The van der Waals surface area contributed by atoms with E-state index in [4.69, 9.17) is 5.73 Å². The van der Waals surface area contributed by atoms with Crippen molar-refractivity contribution in [3.8, 4) is 0 Å². The van der Waals surface area contributed by atoms with Gasteiger partial charge in [0.05, 0.1) is 17.8 Å². The minimum absolute atomic E-state index is 0.132. The van der Waals surface area contributed by atoms with Crippen LogP contribution in [0.2, 0.25) is 0 Å². The van der Waals surface area contributed by atoms with Crippen molar-refractivity contribution >= 4 is 27.7 Å². The molecule has 11 heteroatoms. The van der Waals surface area contributed by atoms with Gasteiger partial charge in [0, 0.05) is 23.6 Å². The number of nitrogens with two attached hydrogens (primary N) is 1. The van der Waals surface area contributed by atoms with E-state index in [0.717, 1.165) is 24.0 Å². The summed E-state index contributed by atoms with van der Waals surface area (Å²) in [6.07, 6.45) is 3.41. The zero-order chi connectivity index (χ0) is 36.2. The van der Waals surface area contributed by atoms with Crippen LogP contribution in [0.4, 0.5) is 0 Å². The molecule has 48 heavy (non-hydrogen) atoms. The second kappa shape index (κ2) is 14.9. The van der Waals surface area contributed by atoms with E-state index in [2.05, 4.69) is 15.4 Å². The minimum atomic E-state index is -4.00. The van der Waals surface area contributed by atoms with Crippen LogP contribution in [0.5, 0.6) is 0 Å². The Kier molecular flexibility index (Phi) is 12.1. The van der Waals surface area contributed by atoms with Crippen molar-refractivity contribution in [3.05, 3.63) is 82.9 Å². The molecule has 264 valence electrons. The summed E-state index contributed by atoms with van der Waals surface area (Å²) in [7, 11) is -0.638. The smallest absolute Gasteiger partial charge is 0.260 e. The summed E-state index contributed by atoms with van der Waals surface area (Å²) in [4.78, 5) is 42.6. The second-order valence-corrected chi connectivity index (χ2v) is 16.9. The third-order valence-corrected chi connectivity index (χ3v) is 10.6. The summed E-state index contributed by atoms with van der Waals surface area (Å²) in [5.74, 6) is -1.90. The number of carbonyl (C=O) groups is 3. The molecule has 0 spiro atoms. The quantitative estimate of drug-likeness (QED) is 0.219. The maximum absolute atomic E-state index is 14.1. The fourth-order valence-electron chi connectivity index (χ4n) is 6.00. The molecule has 0 bridgehead atoms. The highest BCUT2D eigenvalue weighted by Gasteiger charge is 2.42. The molecule has 3 rings (SSSR count). The van der Waals surface area contributed by atoms with Crippen molar-refractivity contribution in [1.29, 1.82) is 0 Å². The molecule has 3 amide bonds. The number of carbonyl (C=O) groups excluding carboxylic acids is 3. The average Bonchev–Trinajstić information content (AvgIpc) is 3.75. The minimum Gasteiger partial charge on any atom is -0.342 e. The SMILES string of the molecule is CNC(C(=O)NC(C(=O)N(C)C(/C=C(\C)C(=O)NS(=O)(=O)Cc1ccc(C2(N)CC2)cc1)C(C)C)C(C)(C)C)C(C)(C)c1ccccc1. The zero-order valence-electron chi connectivity index (χ0n) is 30.2. The van der Waals surface area contributed by atoms with Crippen LogP contribution >= 0.6 is 0 Å². The van der Waals surface area contributed by atoms with Crippen LogP contribution in [0.3, 0.4) is 0 Å². The lowest BCUT2D eigenvalue weighted by Crippen LogP contribution is -2.61. The number of sulfonamides is 1. The van der Waals surface area contributed by atoms with Gasteiger partial charge in [0.15, 0.2) is 0 Å². The molecule has 10 nitrogen and oxygen atoms in total. The van der Waals surface area contributed by atoms with Gasteiger partial charge in [0.2, 0.25) is 21.8 Å². The van der Waals surface area contributed by atoms with Crippen LogP contribution in [-0.4, -0.2) is 63.3 Å². The summed E-state index contributed by atoms with van der Waals surface area (Å²) in [6.45, 7) is 15.0. The number of hydrogen-bond acceptors (Lipinski definition) is 7. The normalized spacial score (nSPS) is 16.9. The van der Waals surface area contributed by atoms with E-state index >= 15 is 0 Å². The maximum atomic E-state index is 14.1. The van der Waals surface area contributed by atoms with E-state index in [1.165, 1.54) is 11.8 Å². The molecular formula is C37H55N5O5S. The molecule has 2 aromatic carbocycles. The molecule has 1 saturated carbocycles. The molecule has 0 radical (unpaired) electrons. The Morgan fingerprint density at radius 1 is 0.958 bits per heavy atom. The van der Waals surface area contributed by atoms with Gasteiger partial charge >= 0.3 is 0 Å². The second-order valence-electron chi connectivity index (χ2n) is 15.2. The first-order valence-electron chi connectivity index (χ1n) is 16.5. The van der Waals surface area contributed by atoms with Crippen LogP contribution < -0.4 is 21.1 Å². The van der Waals surface area contributed by atoms with Gasteiger partial charge in [0.25, 0.3) is 5.91 Å². The monoisotopic (exact) mass is 681 g/mol. The Morgan fingerprint density at radius 3 is 2.00 bits per heavy atom. The molecule has 0 aromatic heterocycles. The van der Waals surface area contributed by atoms with Crippen molar-refractivity contribution in [2.75, 3.05) is 14.1 Å². The van der Waals surface area contributed by atoms with Crippen LogP contribution in [0.25, 0.3) is 0 Å². The highest BCUT2D eigenvalue weighted by molar-refractivity contribution is 7.89. The molecule has 3 unspecified atom stereocenters. The number of hydrogen-bond donors (Lipinski definition) is 4. The first-order chi connectivity index (χ1) is 22.1. The van der Waals surface area contributed by atoms with Gasteiger partial charge in [-0.15, -0.1) is 0 Å². The fourth-order valence-corrected chi connectivity index (χ4v) is 7.14. The molecule has 1 aliphatic rings. The number of benzene rings is 2. The maximum Gasteiger partial charge on any atom is 0.260 e. The molecular weight excluding hydrogens is 627 g/mol. The standard InChI is InChI=1S/C37H55N5O5S/c1-24(2)29(22-25(3)32(43)41-48(46,47)23-26-16-18-28(19-17-26)37(38)20-21-37)42(10)34(45)31(35(4,5)6)40-33(44)30(39-9)36(7,8)27-14-12-11-13-15-27/h11-19,22,24,29-31,39H,20-21,23,38H2,1-10H3,(H,40,44)(H,41,43)/b25-22+. The Bertz CT molecular complexity index is 1590. The molecule has 0 heterocycles. The van der Waals surface area contributed by atoms with Gasteiger partial charge in [-0.2, -0.15) is 0 Å². The van der Waals surface area contributed by atoms with Gasteiger partial charge in [-0.05, 0) is 54.8 Å². The Morgan fingerprint density at radius 2 is 1.52 bits per heavy atom. The molecule has 0 saturated heterocycles. The fraction of sp³-hybridized carbons (Fsp3) is 0.541. The average molecular weight is 682 g/mol. The molecule has 1 aliphatic carbocycles. The third kappa shape index (κ3) is 9.54. The predicted molar refractivity (Wildman–Crippen MR) is 191 cm³/mol. The van der Waals surface area contributed by atoms with Crippen molar-refractivity contribution in [2.24, 2.45) is 17.1 Å². The number of amides is 3. The largest absolute Gasteiger partial charge is 0.342 e. The van der Waals surface area contributed by atoms with Gasteiger partial charge in [-0.1, -0.05) is 109 Å². The third-order valence-electron chi connectivity index (χ3n) is 9.37. The lowest BCUT2D eigenvalue weighted by Gasteiger charge is -2.40. The Balaban J connectivity index is 1.76. The van der Waals surface area contributed by atoms with E-state index < -0.39 is 44.9 Å². The lowest BCUT2D eigenvalue weighted by atomic mass is 9.76. The van der Waals surface area contributed by atoms with Gasteiger partial charge in [-0.3, -0.25) is 14.4 Å². The van der Waals surface area contributed by atoms with E-state index in [0.29, 0.717) is 5.56 Å². The molecule has 5 N–H and O–H groups in total. The highest BCUT2D eigenvalue weighted by Crippen LogP contribution is 2.42. The first-order valence-corrected chi connectivity index (χ1v) is 18.2. The van der Waals surface area contributed by atoms with Gasteiger partial charge < -0.3 is 21.3 Å². The first kappa shape index (κ1) is 38.9. The van der Waals surface area contributed by atoms with Crippen LogP contribution in [0.15, 0.2) is 66.2 Å². The van der Waals surface area contributed by atoms with E-state index in [1.54, 1.807) is 32.3 Å². The highest BCUT2D eigenvalue weighted by atomic mass is 32.2. The van der Waals surface area contributed by atoms with Crippen molar-refractivity contribution in [1.82, 2.24) is 20.3 Å². The lowest BCUT2D eigenvalue weighted by molar-refractivity contribution is -0.140. The van der Waals surface area contributed by atoms with Crippen LogP contribution in [0.1, 0.15) is 84.9 Å². The summed E-state index contributed by atoms with van der Waals surface area (Å²) < 4.78 is 28.0. The summed E-state index contributed by atoms with van der Waals surface area (Å²) in [6, 6.07) is 14.8. The van der Waals surface area contributed by atoms with Crippen LogP contribution in [0, 0.1) is 11.3 Å². The molecule has 1 fully saturated rings. The summed E-state index contributed by atoms with van der Waals surface area (Å²) in [5, 5.41) is 6.17. The zero-order valence-corrected chi connectivity index (χ0v) is 31.0. The topological polar surface area (TPSA) is 151 Å². The van der Waals surface area contributed by atoms with Gasteiger partial charge in [-0.25, -0.2) is 13.1 Å². The molecule has 2 aromatic rings. The summed E-state index contributed by atoms with van der Waals surface area (Å²) in [5.41, 5.74) is 7.32. The van der Waals surface area contributed by atoms with Crippen molar-refractivity contribution in [2.45, 2.75) is 103 Å². The van der Waals surface area contributed by atoms with Crippen LogP contribution in [-0.2, 0) is 41.1 Å². The number of nitrogens with one attached hydrogen (secondary N) is 3. The predicted octanol–water partition coefficient (Wildman–Crippen LogP) is 4.11. The number of rotatable bonds is 14. The Hall–Kier alpha value is -3.54. The van der Waals surface area contributed by atoms with Gasteiger partial charge in [0.1, 0.15) is 6.04 Å². The van der Waals surface area contributed by atoms with Crippen molar-refractivity contribution in [3.63, 3.8) is 0 Å². The number of likely N-dealkylation sites (N-methyl/N-ethyl adjacent to an activating group) is 2. The summed E-state index contributed by atoms with van der Waals surface area (Å²) >= 11 is 0.